The summed E-state index contributed by atoms with van der Waals surface area (Å²) in [6.07, 6.45) is 0.745. The molecule has 0 N–H and O–H groups in total. The van der Waals surface area contributed by atoms with Crippen molar-refractivity contribution in [3.8, 4) is 5.75 Å². The fraction of sp³-hybridized carbons (Fsp3) is 0.368. The van der Waals surface area contributed by atoms with Crippen molar-refractivity contribution < 1.29 is 9.66 Å². The van der Waals surface area contributed by atoms with Crippen LogP contribution in [0.25, 0.3) is 0 Å². The number of piperazine rings is 1. The van der Waals surface area contributed by atoms with Gasteiger partial charge in [0.25, 0.3) is 5.69 Å². The Labute approximate surface area is 157 Å². The van der Waals surface area contributed by atoms with Gasteiger partial charge >= 0.3 is 0 Å². The summed E-state index contributed by atoms with van der Waals surface area (Å²) in [6, 6.07) is 11.4. The Balaban J connectivity index is 1.45. The van der Waals surface area contributed by atoms with Gasteiger partial charge in [-0.05, 0) is 24.3 Å². The van der Waals surface area contributed by atoms with Crippen LogP contribution < -0.4 is 9.64 Å². The van der Waals surface area contributed by atoms with Crippen LogP contribution in [0.4, 0.5) is 11.4 Å². The minimum Gasteiger partial charge on any atom is -0.493 e. The lowest BCUT2D eigenvalue weighted by Gasteiger charge is -2.36. The molecule has 136 valence electrons. The molecule has 1 fully saturated rings. The van der Waals surface area contributed by atoms with Crippen LogP contribution in [0, 0.1) is 10.1 Å². The maximum Gasteiger partial charge on any atom is 0.274 e. The van der Waals surface area contributed by atoms with Gasteiger partial charge in [0.15, 0.2) is 0 Å². The van der Waals surface area contributed by atoms with E-state index < -0.39 is 0 Å². The van der Waals surface area contributed by atoms with Crippen molar-refractivity contribution in [2.45, 2.75) is 13.0 Å². The molecule has 0 amide bonds. The summed E-state index contributed by atoms with van der Waals surface area (Å²) < 4.78 is 5.59. The number of fused-ring (bicyclic) bond motifs is 1. The molecule has 4 rings (SSSR count). The first-order valence-corrected chi connectivity index (χ1v) is 9.14. The molecule has 26 heavy (non-hydrogen) atoms. The highest BCUT2D eigenvalue weighted by Gasteiger charge is 2.25. The molecule has 0 radical (unpaired) electrons. The molecule has 0 aliphatic carbocycles. The molecule has 0 spiro atoms. The lowest BCUT2D eigenvalue weighted by Crippen LogP contribution is -2.46. The summed E-state index contributed by atoms with van der Waals surface area (Å²) in [6.45, 7) is 4.61. The van der Waals surface area contributed by atoms with Gasteiger partial charge in [-0.15, -0.1) is 0 Å². The van der Waals surface area contributed by atoms with E-state index in [0.717, 1.165) is 60.2 Å². The number of nitro groups is 1. The van der Waals surface area contributed by atoms with E-state index in [2.05, 4.69) is 15.9 Å². The molecule has 2 heterocycles. The predicted molar refractivity (Wildman–Crippen MR) is 101 cm³/mol. The van der Waals surface area contributed by atoms with Crippen molar-refractivity contribution in [1.82, 2.24) is 4.90 Å². The molecule has 2 aromatic carbocycles. The maximum absolute atomic E-state index is 11.5. The molecule has 1 saturated heterocycles. The topological polar surface area (TPSA) is 58.9 Å². The maximum atomic E-state index is 11.5. The summed E-state index contributed by atoms with van der Waals surface area (Å²) >= 11 is 6.08. The molecular weight excluding hydrogens is 354 g/mol. The van der Waals surface area contributed by atoms with Crippen molar-refractivity contribution >= 4 is 23.0 Å². The Kier molecular flexibility index (Phi) is 4.70. The molecule has 0 aromatic heterocycles. The van der Waals surface area contributed by atoms with E-state index in [1.54, 1.807) is 6.07 Å². The third-order valence-electron chi connectivity index (χ3n) is 5.03. The molecule has 0 bridgehead atoms. The van der Waals surface area contributed by atoms with Crippen LogP contribution in [0.3, 0.4) is 0 Å². The quantitative estimate of drug-likeness (QED) is 0.606. The van der Waals surface area contributed by atoms with Crippen molar-refractivity contribution in [1.29, 1.82) is 0 Å². The smallest absolute Gasteiger partial charge is 0.274 e. The highest BCUT2D eigenvalue weighted by atomic mass is 35.5. The third-order valence-corrected chi connectivity index (χ3v) is 5.26. The number of benzene rings is 2. The van der Waals surface area contributed by atoms with Gasteiger partial charge in [0.05, 0.1) is 11.5 Å². The largest absolute Gasteiger partial charge is 0.493 e. The van der Waals surface area contributed by atoms with E-state index in [1.807, 2.05) is 24.3 Å². The van der Waals surface area contributed by atoms with Gasteiger partial charge < -0.3 is 9.64 Å². The number of anilines is 1. The van der Waals surface area contributed by atoms with Crippen molar-refractivity contribution in [2.75, 3.05) is 37.7 Å². The zero-order valence-electron chi connectivity index (χ0n) is 14.4. The molecular formula is C19H20ClN3O3. The van der Waals surface area contributed by atoms with E-state index in [0.29, 0.717) is 13.2 Å². The summed E-state index contributed by atoms with van der Waals surface area (Å²) in [7, 11) is 0. The van der Waals surface area contributed by atoms with Gasteiger partial charge in [0.1, 0.15) is 5.75 Å². The number of halogens is 1. The molecule has 2 aromatic rings. The van der Waals surface area contributed by atoms with Gasteiger partial charge in [-0.25, -0.2) is 0 Å². The number of hydrogen-bond acceptors (Lipinski definition) is 5. The molecule has 0 unspecified atom stereocenters. The van der Waals surface area contributed by atoms with Gasteiger partial charge in [0, 0.05) is 67.0 Å². The van der Waals surface area contributed by atoms with Crippen LogP contribution in [-0.2, 0) is 13.0 Å². The normalized spacial score (nSPS) is 17.0. The summed E-state index contributed by atoms with van der Waals surface area (Å²) in [5.74, 6) is 0.795. The Morgan fingerprint density at radius 3 is 2.69 bits per heavy atom. The number of ether oxygens (including phenoxy) is 1. The molecule has 2 aliphatic heterocycles. The van der Waals surface area contributed by atoms with Crippen molar-refractivity contribution in [3.63, 3.8) is 0 Å². The minimum atomic E-state index is -0.282. The third kappa shape index (κ3) is 3.48. The minimum absolute atomic E-state index is 0.200. The highest BCUT2D eigenvalue weighted by Crippen LogP contribution is 2.33. The Morgan fingerprint density at radius 2 is 1.96 bits per heavy atom. The molecule has 6 nitrogen and oxygen atoms in total. The SMILES string of the molecule is O=[N+]([O-])c1cc2c(cc1CN1CCN(c3cccc(Cl)c3)CC1)OCC2. The molecule has 0 atom stereocenters. The standard InChI is InChI=1S/C19H20ClN3O3/c20-16-2-1-3-17(12-16)22-7-5-21(6-8-22)13-15-11-19-14(4-9-26-19)10-18(15)23(24)25/h1-3,10-12H,4-9,13H2. The van der Waals surface area contributed by atoms with Gasteiger partial charge in [0.2, 0.25) is 0 Å². The lowest BCUT2D eigenvalue weighted by molar-refractivity contribution is -0.385. The molecule has 0 saturated carbocycles. The van der Waals surface area contributed by atoms with E-state index >= 15 is 0 Å². The lowest BCUT2D eigenvalue weighted by atomic mass is 10.1. The number of nitrogens with zero attached hydrogens (tertiary/aromatic N) is 3. The fourth-order valence-corrected chi connectivity index (χ4v) is 3.81. The first-order valence-electron chi connectivity index (χ1n) is 8.76. The van der Waals surface area contributed by atoms with E-state index in [4.69, 9.17) is 16.3 Å². The van der Waals surface area contributed by atoms with Crippen LogP contribution in [0.5, 0.6) is 5.75 Å². The zero-order valence-corrected chi connectivity index (χ0v) is 15.1. The Morgan fingerprint density at radius 1 is 1.15 bits per heavy atom. The van der Waals surface area contributed by atoms with Crippen molar-refractivity contribution in [2.24, 2.45) is 0 Å². The van der Waals surface area contributed by atoms with Crippen LogP contribution >= 0.6 is 11.6 Å². The van der Waals surface area contributed by atoms with Gasteiger partial charge in [-0.1, -0.05) is 17.7 Å². The second-order valence-electron chi connectivity index (χ2n) is 6.69. The first kappa shape index (κ1) is 17.1. The average Bonchev–Trinajstić information content (AvgIpc) is 3.09. The Bertz CT molecular complexity index is 835. The van der Waals surface area contributed by atoms with Crippen LogP contribution in [0.1, 0.15) is 11.1 Å². The summed E-state index contributed by atoms with van der Waals surface area (Å²) in [5.41, 5.74) is 2.98. The second kappa shape index (κ2) is 7.13. The first-order chi connectivity index (χ1) is 12.6. The van der Waals surface area contributed by atoms with Crippen molar-refractivity contribution in [3.05, 3.63) is 62.7 Å². The van der Waals surface area contributed by atoms with E-state index in [1.165, 1.54) is 0 Å². The summed E-state index contributed by atoms with van der Waals surface area (Å²) in [4.78, 5) is 15.7. The van der Waals surface area contributed by atoms with E-state index in [9.17, 15) is 10.1 Å². The van der Waals surface area contributed by atoms with Gasteiger partial charge in [-0.3, -0.25) is 15.0 Å². The summed E-state index contributed by atoms with van der Waals surface area (Å²) in [5, 5.41) is 12.2. The number of hydrogen-bond donors (Lipinski definition) is 0. The fourth-order valence-electron chi connectivity index (χ4n) is 3.63. The van der Waals surface area contributed by atoms with Gasteiger partial charge in [-0.2, -0.15) is 0 Å². The number of rotatable bonds is 4. The Hall–Kier alpha value is -2.31. The van der Waals surface area contributed by atoms with Crippen LogP contribution in [-0.4, -0.2) is 42.6 Å². The van der Waals surface area contributed by atoms with Crippen LogP contribution in [0.15, 0.2) is 36.4 Å². The second-order valence-corrected chi connectivity index (χ2v) is 7.12. The predicted octanol–water partition coefficient (Wildman–Crippen LogP) is 3.51. The zero-order chi connectivity index (χ0) is 18.1. The molecule has 7 heteroatoms. The number of nitro benzene ring substituents is 1. The average molecular weight is 374 g/mol. The molecule has 2 aliphatic rings. The monoisotopic (exact) mass is 373 g/mol. The van der Waals surface area contributed by atoms with E-state index in [-0.39, 0.29) is 10.6 Å². The highest BCUT2D eigenvalue weighted by molar-refractivity contribution is 6.30. The van der Waals surface area contributed by atoms with Crippen LogP contribution in [0.2, 0.25) is 5.02 Å².